The summed E-state index contributed by atoms with van der Waals surface area (Å²) >= 11 is 0. The lowest BCUT2D eigenvalue weighted by molar-refractivity contribution is -0.145. The van der Waals surface area contributed by atoms with Crippen molar-refractivity contribution < 1.29 is 19.1 Å². The van der Waals surface area contributed by atoms with Gasteiger partial charge < -0.3 is 14.8 Å². The SMILES string of the molecule is CCOC(=O)C[C@@H]1OC(=O)N[C@H]1CC(C)C. The number of hydrogen-bond acceptors (Lipinski definition) is 4. The third-order valence-corrected chi connectivity index (χ3v) is 2.41. The molecular formula is C11H19NO4. The fourth-order valence-electron chi connectivity index (χ4n) is 1.78. The van der Waals surface area contributed by atoms with Crippen LogP contribution in [0.2, 0.25) is 0 Å². The Morgan fingerprint density at radius 2 is 2.25 bits per heavy atom. The second-order valence-corrected chi connectivity index (χ2v) is 4.33. The first-order chi connectivity index (χ1) is 7.52. The molecule has 0 unspecified atom stereocenters. The van der Waals surface area contributed by atoms with Crippen molar-refractivity contribution in [2.75, 3.05) is 6.61 Å². The first kappa shape index (κ1) is 12.8. The Balaban J connectivity index is 2.49. The van der Waals surface area contributed by atoms with Gasteiger partial charge >= 0.3 is 12.1 Å². The van der Waals surface area contributed by atoms with Crippen molar-refractivity contribution in [3.63, 3.8) is 0 Å². The highest BCUT2D eigenvalue weighted by atomic mass is 16.6. The van der Waals surface area contributed by atoms with Gasteiger partial charge in [-0.15, -0.1) is 0 Å². The number of ether oxygens (including phenoxy) is 2. The average molecular weight is 229 g/mol. The van der Waals surface area contributed by atoms with Gasteiger partial charge in [0.25, 0.3) is 0 Å². The molecule has 92 valence electrons. The van der Waals surface area contributed by atoms with Gasteiger partial charge in [-0.1, -0.05) is 13.8 Å². The molecule has 1 fully saturated rings. The molecule has 0 aromatic heterocycles. The molecular weight excluding hydrogens is 210 g/mol. The van der Waals surface area contributed by atoms with E-state index in [2.05, 4.69) is 19.2 Å². The molecule has 1 N–H and O–H groups in total. The van der Waals surface area contributed by atoms with Gasteiger partial charge in [-0.3, -0.25) is 4.79 Å². The Kier molecular flexibility index (Phi) is 4.58. The van der Waals surface area contributed by atoms with E-state index >= 15 is 0 Å². The van der Waals surface area contributed by atoms with Gasteiger partial charge in [0.2, 0.25) is 0 Å². The molecule has 0 spiro atoms. The molecule has 1 aliphatic heterocycles. The van der Waals surface area contributed by atoms with Crippen LogP contribution in [0.25, 0.3) is 0 Å². The highest BCUT2D eigenvalue weighted by molar-refractivity contribution is 5.74. The molecule has 0 bridgehead atoms. The lowest BCUT2D eigenvalue weighted by Gasteiger charge is -2.17. The van der Waals surface area contributed by atoms with Gasteiger partial charge in [0.05, 0.1) is 19.1 Å². The maximum atomic E-state index is 11.3. The minimum Gasteiger partial charge on any atom is -0.466 e. The van der Waals surface area contributed by atoms with E-state index < -0.39 is 12.2 Å². The molecule has 1 amide bonds. The van der Waals surface area contributed by atoms with E-state index in [-0.39, 0.29) is 18.4 Å². The molecule has 16 heavy (non-hydrogen) atoms. The van der Waals surface area contributed by atoms with Gasteiger partial charge in [0.15, 0.2) is 0 Å². The zero-order chi connectivity index (χ0) is 12.1. The molecule has 2 atom stereocenters. The van der Waals surface area contributed by atoms with Gasteiger partial charge in [0.1, 0.15) is 6.10 Å². The van der Waals surface area contributed by atoms with E-state index in [0.717, 1.165) is 6.42 Å². The normalized spacial score (nSPS) is 24.1. The third-order valence-electron chi connectivity index (χ3n) is 2.41. The van der Waals surface area contributed by atoms with Crippen LogP contribution in [-0.2, 0) is 14.3 Å². The predicted molar refractivity (Wildman–Crippen MR) is 57.9 cm³/mol. The summed E-state index contributed by atoms with van der Waals surface area (Å²) in [6.07, 6.45) is 0.0914. The number of rotatable bonds is 5. The van der Waals surface area contributed by atoms with Gasteiger partial charge in [-0.2, -0.15) is 0 Å². The third kappa shape index (κ3) is 3.72. The number of amides is 1. The van der Waals surface area contributed by atoms with Crippen LogP contribution in [0, 0.1) is 5.92 Å². The van der Waals surface area contributed by atoms with E-state index in [4.69, 9.17) is 9.47 Å². The van der Waals surface area contributed by atoms with Crippen LogP contribution in [0.3, 0.4) is 0 Å². The molecule has 0 radical (unpaired) electrons. The molecule has 0 aromatic carbocycles. The van der Waals surface area contributed by atoms with Crippen molar-refractivity contribution in [1.82, 2.24) is 5.32 Å². The number of cyclic esters (lactones) is 1. The van der Waals surface area contributed by atoms with E-state index in [1.807, 2.05) is 0 Å². The quantitative estimate of drug-likeness (QED) is 0.725. The first-order valence-corrected chi connectivity index (χ1v) is 5.65. The van der Waals surface area contributed by atoms with Crippen molar-refractivity contribution in [3.8, 4) is 0 Å². The smallest absolute Gasteiger partial charge is 0.407 e. The summed E-state index contributed by atoms with van der Waals surface area (Å²) in [7, 11) is 0. The second kappa shape index (κ2) is 5.72. The largest absolute Gasteiger partial charge is 0.466 e. The van der Waals surface area contributed by atoms with Crippen LogP contribution in [0.4, 0.5) is 4.79 Å². The maximum Gasteiger partial charge on any atom is 0.407 e. The Hall–Kier alpha value is -1.26. The lowest BCUT2D eigenvalue weighted by Crippen LogP contribution is -2.34. The summed E-state index contributed by atoms with van der Waals surface area (Å²) < 4.78 is 9.88. The summed E-state index contributed by atoms with van der Waals surface area (Å²) in [5.74, 6) is 0.120. The fraction of sp³-hybridized carbons (Fsp3) is 0.818. The number of carbonyl (C=O) groups excluding carboxylic acids is 2. The fourth-order valence-corrected chi connectivity index (χ4v) is 1.78. The van der Waals surface area contributed by atoms with Crippen LogP contribution < -0.4 is 5.32 Å². The van der Waals surface area contributed by atoms with Crippen LogP contribution in [0.1, 0.15) is 33.6 Å². The van der Waals surface area contributed by atoms with Crippen molar-refractivity contribution in [2.45, 2.75) is 45.8 Å². The zero-order valence-electron chi connectivity index (χ0n) is 9.99. The number of hydrogen-bond donors (Lipinski definition) is 1. The predicted octanol–water partition coefficient (Wildman–Crippen LogP) is 1.46. The molecule has 0 saturated carbocycles. The van der Waals surface area contributed by atoms with Gasteiger partial charge in [-0.05, 0) is 19.3 Å². The molecule has 1 heterocycles. The van der Waals surface area contributed by atoms with E-state index in [1.165, 1.54) is 0 Å². The summed E-state index contributed by atoms with van der Waals surface area (Å²) in [5, 5.41) is 2.71. The topological polar surface area (TPSA) is 64.6 Å². The minimum absolute atomic E-state index is 0.0862. The summed E-state index contributed by atoms with van der Waals surface area (Å²) in [6, 6.07) is -0.0862. The van der Waals surface area contributed by atoms with Crippen molar-refractivity contribution in [3.05, 3.63) is 0 Å². The molecule has 1 aliphatic rings. The number of alkyl carbamates (subject to hydrolysis) is 1. The monoisotopic (exact) mass is 229 g/mol. The van der Waals surface area contributed by atoms with Gasteiger partial charge in [-0.25, -0.2) is 4.79 Å². The second-order valence-electron chi connectivity index (χ2n) is 4.33. The lowest BCUT2D eigenvalue weighted by atomic mass is 9.98. The van der Waals surface area contributed by atoms with Crippen LogP contribution in [-0.4, -0.2) is 30.8 Å². The van der Waals surface area contributed by atoms with Gasteiger partial charge in [0, 0.05) is 0 Å². The maximum absolute atomic E-state index is 11.3. The van der Waals surface area contributed by atoms with Crippen LogP contribution in [0.15, 0.2) is 0 Å². The molecule has 1 saturated heterocycles. The molecule has 1 rings (SSSR count). The van der Waals surface area contributed by atoms with Crippen molar-refractivity contribution in [1.29, 1.82) is 0 Å². The average Bonchev–Trinajstić information content (AvgIpc) is 2.45. The number of nitrogens with one attached hydrogen (secondary N) is 1. The van der Waals surface area contributed by atoms with E-state index in [9.17, 15) is 9.59 Å². The summed E-state index contributed by atoms with van der Waals surface area (Å²) in [4.78, 5) is 22.4. The standard InChI is InChI=1S/C11H19NO4/c1-4-15-10(13)6-9-8(5-7(2)3)12-11(14)16-9/h7-9H,4-6H2,1-3H3,(H,12,14)/t8-,9-/m0/s1. The highest BCUT2D eigenvalue weighted by Crippen LogP contribution is 2.19. The van der Waals surface area contributed by atoms with Crippen LogP contribution >= 0.6 is 0 Å². The van der Waals surface area contributed by atoms with E-state index in [1.54, 1.807) is 6.92 Å². The highest BCUT2D eigenvalue weighted by Gasteiger charge is 2.35. The number of esters is 1. The Bertz CT molecular complexity index is 265. The zero-order valence-corrected chi connectivity index (χ0v) is 9.99. The molecule has 0 aliphatic carbocycles. The first-order valence-electron chi connectivity index (χ1n) is 5.65. The van der Waals surface area contributed by atoms with Crippen molar-refractivity contribution >= 4 is 12.1 Å². The van der Waals surface area contributed by atoms with Crippen molar-refractivity contribution in [2.24, 2.45) is 5.92 Å². The minimum atomic E-state index is -0.444. The van der Waals surface area contributed by atoms with Crippen LogP contribution in [0.5, 0.6) is 0 Å². The Morgan fingerprint density at radius 3 is 2.81 bits per heavy atom. The number of carbonyl (C=O) groups is 2. The summed E-state index contributed by atoms with van der Waals surface area (Å²) in [5.41, 5.74) is 0. The molecule has 5 heteroatoms. The molecule has 5 nitrogen and oxygen atoms in total. The Morgan fingerprint density at radius 1 is 1.56 bits per heavy atom. The summed E-state index contributed by atoms with van der Waals surface area (Å²) in [6.45, 7) is 6.22. The Labute approximate surface area is 95.5 Å². The van der Waals surface area contributed by atoms with E-state index in [0.29, 0.717) is 12.5 Å². The molecule has 0 aromatic rings.